The monoisotopic (exact) mass is 305 g/mol. The van der Waals surface area contributed by atoms with E-state index in [2.05, 4.69) is 5.32 Å². The molecule has 0 saturated heterocycles. The lowest BCUT2D eigenvalue weighted by Gasteiger charge is -2.21. The third-order valence-corrected chi connectivity index (χ3v) is 4.94. The molecule has 114 valence electrons. The molecule has 1 amide bonds. The molecule has 1 aliphatic rings. The van der Waals surface area contributed by atoms with E-state index in [1.165, 1.54) is 0 Å². The van der Waals surface area contributed by atoms with Crippen molar-refractivity contribution in [1.29, 1.82) is 0 Å². The first kappa shape index (κ1) is 16.0. The van der Waals surface area contributed by atoms with Crippen LogP contribution in [0.2, 0.25) is 0 Å². The van der Waals surface area contributed by atoms with Crippen molar-refractivity contribution in [2.45, 2.75) is 51.3 Å². The van der Waals surface area contributed by atoms with Gasteiger partial charge in [-0.05, 0) is 45.6 Å². The molecule has 0 radical (unpaired) electrons. The summed E-state index contributed by atoms with van der Waals surface area (Å²) in [5, 5.41) is 2.98. The van der Waals surface area contributed by atoms with Gasteiger partial charge in [0.15, 0.2) is 0 Å². The maximum absolute atomic E-state index is 12.6. The molecule has 2 rings (SSSR count). The third-order valence-electron chi connectivity index (χ3n) is 3.35. The van der Waals surface area contributed by atoms with Gasteiger partial charge >= 0.3 is 0 Å². The van der Waals surface area contributed by atoms with Crippen LogP contribution in [0.4, 0.5) is 0 Å². The summed E-state index contributed by atoms with van der Waals surface area (Å²) < 4.78 is 12.6. The minimum absolute atomic E-state index is 0.0589. The summed E-state index contributed by atoms with van der Waals surface area (Å²) in [5.41, 5.74) is 1.52. The zero-order chi connectivity index (χ0) is 15.5. The molecule has 0 fully saturated rings. The van der Waals surface area contributed by atoms with Crippen LogP contribution >= 0.6 is 0 Å². The predicted molar refractivity (Wildman–Crippen MR) is 87.1 cm³/mol. The Kier molecular flexibility index (Phi) is 4.99. The highest BCUT2D eigenvalue weighted by molar-refractivity contribution is 7.88. The average Bonchev–Trinajstić information content (AvgIpc) is 2.87. The first-order valence-corrected chi connectivity index (χ1v) is 8.65. The van der Waals surface area contributed by atoms with Gasteiger partial charge in [0.2, 0.25) is 5.91 Å². The van der Waals surface area contributed by atoms with Crippen LogP contribution in [0.5, 0.6) is 0 Å². The molecule has 0 aliphatic heterocycles. The van der Waals surface area contributed by atoms with Crippen molar-refractivity contribution in [3.63, 3.8) is 0 Å². The van der Waals surface area contributed by atoms with E-state index in [-0.39, 0.29) is 11.4 Å². The van der Waals surface area contributed by atoms with E-state index in [1.54, 1.807) is 0 Å². The second kappa shape index (κ2) is 6.56. The van der Waals surface area contributed by atoms with Crippen molar-refractivity contribution in [2.75, 3.05) is 0 Å². The molecule has 0 spiro atoms. The van der Waals surface area contributed by atoms with Crippen LogP contribution in [0, 0.1) is 0 Å². The molecule has 3 nitrogen and oxygen atoms in total. The van der Waals surface area contributed by atoms with Crippen LogP contribution in [-0.2, 0) is 21.3 Å². The highest BCUT2D eigenvalue weighted by Crippen LogP contribution is 2.30. The lowest BCUT2D eigenvalue weighted by atomic mass is 10.1. The number of hydrogen-bond acceptors (Lipinski definition) is 2. The number of amides is 1. The Balaban J connectivity index is 2.14. The quantitative estimate of drug-likeness (QED) is 0.928. The average molecular weight is 305 g/mol. The van der Waals surface area contributed by atoms with E-state index in [9.17, 15) is 9.00 Å². The van der Waals surface area contributed by atoms with Gasteiger partial charge in [0, 0.05) is 16.0 Å². The lowest BCUT2D eigenvalue weighted by Crippen LogP contribution is -2.41. The normalized spacial score (nSPS) is 16.9. The van der Waals surface area contributed by atoms with E-state index in [0.717, 1.165) is 35.3 Å². The van der Waals surface area contributed by atoms with Crippen LogP contribution in [0.1, 0.15) is 45.6 Å². The topological polar surface area (TPSA) is 46.2 Å². The maximum atomic E-state index is 12.6. The summed E-state index contributed by atoms with van der Waals surface area (Å²) in [6.45, 7) is 5.88. The van der Waals surface area contributed by atoms with Gasteiger partial charge in [-0.2, -0.15) is 0 Å². The van der Waals surface area contributed by atoms with Crippen LogP contribution < -0.4 is 5.32 Å². The largest absolute Gasteiger partial charge is 0.348 e. The summed E-state index contributed by atoms with van der Waals surface area (Å²) >= 11 is 0. The minimum Gasteiger partial charge on any atom is -0.348 e. The summed E-state index contributed by atoms with van der Waals surface area (Å²) in [4.78, 5) is 13.2. The molecule has 1 unspecified atom stereocenters. The number of rotatable bonds is 4. The summed E-state index contributed by atoms with van der Waals surface area (Å²) in [6.07, 6.45) is 2.42. The van der Waals surface area contributed by atoms with Gasteiger partial charge in [-0.25, -0.2) is 0 Å². The number of allylic oxidation sites excluding steroid dienone is 1. The lowest BCUT2D eigenvalue weighted by molar-refractivity contribution is -0.118. The number of carbonyl (C=O) groups is 1. The zero-order valence-corrected chi connectivity index (χ0v) is 13.8. The third kappa shape index (κ3) is 4.53. The summed E-state index contributed by atoms with van der Waals surface area (Å²) in [5.74, 6) is 0.430. The summed E-state index contributed by atoms with van der Waals surface area (Å²) in [7, 11) is -1.11. The van der Waals surface area contributed by atoms with Gasteiger partial charge < -0.3 is 5.32 Å². The van der Waals surface area contributed by atoms with Crippen molar-refractivity contribution in [3.8, 4) is 0 Å². The maximum Gasteiger partial charge on any atom is 0.248 e. The Bertz CT molecular complexity index is 570. The van der Waals surface area contributed by atoms with E-state index >= 15 is 0 Å². The number of carbonyl (C=O) groups excluding carboxylic acids is 1. The van der Waals surface area contributed by atoms with Gasteiger partial charge in [-0.15, -0.1) is 0 Å². The standard InChI is InChI=1S/C17H23NO2S/c1-17(2,3)18-16(19)14-10-7-11-15(14)21(20)12-13-8-5-4-6-9-13/h4-6,8-9H,7,10-12H2,1-3H3,(H,18,19). The summed E-state index contributed by atoms with van der Waals surface area (Å²) in [6, 6.07) is 9.79. The van der Waals surface area contributed by atoms with Crippen LogP contribution in [-0.4, -0.2) is 15.7 Å². The Hall–Kier alpha value is -1.42. The fourth-order valence-corrected chi connectivity index (χ4v) is 3.95. The Morgan fingerprint density at radius 1 is 1.19 bits per heavy atom. The van der Waals surface area contributed by atoms with E-state index in [1.807, 2.05) is 51.1 Å². The second-order valence-electron chi connectivity index (χ2n) is 6.43. The minimum atomic E-state index is -1.11. The first-order valence-electron chi connectivity index (χ1n) is 7.33. The molecule has 21 heavy (non-hydrogen) atoms. The van der Waals surface area contributed by atoms with Crippen molar-refractivity contribution in [1.82, 2.24) is 5.32 Å². The molecule has 1 aromatic carbocycles. The van der Waals surface area contributed by atoms with Gasteiger partial charge in [0.05, 0.1) is 16.6 Å². The van der Waals surface area contributed by atoms with Gasteiger partial charge in [-0.1, -0.05) is 30.3 Å². The SMILES string of the molecule is CC(C)(C)NC(=O)C1=C(S(=O)Cc2ccccc2)CCC1. The molecule has 1 aliphatic carbocycles. The molecular formula is C17H23NO2S. The van der Waals surface area contributed by atoms with Gasteiger partial charge in [0.1, 0.15) is 0 Å². The van der Waals surface area contributed by atoms with Crippen molar-refractivity contribution in [3.05, 3.63) is 46.4 Å². The molecule has 0 heterocycles. The highest BCUT2D eigenvalue weighted by Gasteiger charge is 2.26. The molecular weight excluding hydrogens is 282 g/mol. The highest BCUT2D eigenvalue weighted by atomic mass is 32.2. The van der Waals surface area contributed by atoms with Crippen LogP contribution in [0.25, 0.3) is 0 Å². The van der Waals surface area contributed by atoms with Crippen molar-refractivity contribution >= 4 is 16.7 Å². The fourth-order valence-electron chi connectivity index (χ4n) is 2.44. The van der Waals surface area contributed by atoms with Gasteiger partial charge in [-0.3, -0.25) is 9.00 Å². The molecule has 1 aromatic rings. The molecule has 0 aromatic heterocycles. The number of hydrogen-bond donors (Lipinski definition) is 1. The molecule has 4 heteroatoms. The smallest absolute Gasteiger partial charge is 0.248 e. The number of nitrogens with one attached hydrogen (secondary N) is 1. The predicted octanol–water partition coefficient (Wildman–Crippen LogP) is 3.29. The van der Waals surface area contributed by atoms with Gasteiger partial charge in [0.25, 0.3) is 0 Å². The fraction of sp³-hybridized carbons (Fsp3) is 0.471. The Labute approximate surface area is 129 Å². The Morgan fingerprint density at radius 3 is 2.48 bits per heavy atom. The van der Waals surface area contributed by atoms with Crippen LogP contribution in [0.3, 0.4) is 0 Å². The van der Waals surface area contributed by atoms with Crippen LogP contribution in [0.15, 0.2) is 40.8 Å². The molecule has 1 atom stereocenters. The first-order chi connectivity index (χ1) is 9.87. The molecule has 0 saturated carbocycles. The van der Waals surface area contributed by atoms with E-state index in [4.69, 9.17) is 0 Å². The number of benzene rings is 1. The molecule has 1 N–H and O–H groups in total. The Morgan fingerprint density at radius 2 is 1.86 bits per heavy atom. The second-order valence-corrected chi connectivity index (χ2v) is 7.91. The van der Waals surface area contributed by atoms with E-state index in [0.29, 0.717) is 5.75 Å². The molecule has 0 bridgehead atoms. The van der Waals surface area contributed by atoms with Crippen molar-refractivity contribution < 1.29 is 9.00 Å². The zero-order valence-electron chi connectivity index (χ0n) is 12.9. The van der Waals surface area contributed by atoms with E-state index < -0.39 is 10.8 Å². The van der Waals surface area contributed by atoms with Crippen molar-refractivity contribution in [2.24, 2.45) is 0 Å².